The minimum atomic E-state index is -0.175. The summed E-state index contributed by atoms with van der Waals surface area (Å²) < 4.78 is 5.44. The molecule has 1 heterocycles. The molecule has 0 radical (unpaired) electrons. The Hall–Kier alpha value is -1.90. The van der Waals surface area contributed by atoms with Gasteiger partial charge in [0.05, 0.1) is 18.7 Å². The molecule has 1 aromatic rings. The molecule has 1 aromatic heterocycles. The van der Waals surface area contributed by atoms with Crippen molar-refractivity contribution in [2.75, 3.05) is 26.3 Å². The number of carbonyl (C=O) groups is 1. The molecule has 114 valence electrons. The van der Waals surface area contributed by atoms with Crippen LogP contribution in [-0.4, -0.2) is 37.2 Å². The van der Waals surface area contributed by atoms with Crippen LogP contribution in [-0.2, 0) is 4.74 Å². The van der Waals surface area contributed by atoms with Crippen molar-refractivity contribution in [1.82, 2.24) is 10.3 Å². The van der Waals surface area contributed by atoms with Crippen molar-refractivity contribution < 1.29 is 9.53 Å². The first-order valence-corrected chi connectivity index (χ1v) is 7.13. The van der Waals surface area contributed by atoms with E-state index in [2.05, 4.69) is 36.0 Å². The van der Waals surface area contributed by atoms with Gasteiger partial charge in [0.15, 0.2) is 0 Å². The average molecular weight is 289 g/mol. The van der Waals surface area contributed by atoms with Crippen LogP contribution in [0.4, 0.5) is 0 Å². The molecule has 0 saturated carbocycles. The maximum absolute atomic E-state index is 11.9. The first-order valence-electron chi connectivity index (χ1n) is 7.13. The maximum Gasteiger partial charge on any atom is 0.252 e. The number of nitrogens with two attached hydrogens (primary N) is 1. The van der Waals surface area contributed by atoms with Crippen molar-refractivity contribution in [3.05, 3.63) is 29.6 Å². The molecule has 0 spiro atoms. The SMILES string of the molecule is CC(C)CCOCCNC(=O)c1cncc(C#CCN)c1. The Kier molecular flexibility index (Phi) is 8.10. The Morgan fingerprint density at radius 2 is 2.24 bits per heavy atom. The largest absolute Gasteiger partial charge is 0.380 e. The van der Waals surface area contributed by atoms with E-state index in [1.54, 1.807) is 12.3 Å². The predicted octanol–water partition coefficient (Wildman–Crippen LogP) is 1.18. The normalized spacial score (nSPS) is 10.1. The quantitative estimate of drug-likeness (QED) is 0.584. The van der Waals surface area contributed by atoms with Crippen LogP contribution in [0.1, 0.15) is 36.2 Å². The van der Waals surface area contributed by atoms with Crippen LogP contribution < -0.4 is 11.1 Å². The van der Waals surface area contributed by atoms with Crippen molar-refractivity contribution in [2.24, 2.45) is 11.7 Å². The summed E-state index contributed by atoms with van der Waals surface area (Å²) in [5, 5.41) is 2.79. The molecule has 0 aliphatic heterocycles. The number of hydrogen-bond donors (Lipinski definition) is 2. The van der Waals surface area contributed by atoms with Gasteiger partial charge in [0.2, 0.25) is 0 Å². The van der Waals surface area contributed by atoms with E-state index in [1.807, 2.05) is 0 Å². The fraction of sp³-hybridized carbons (Fsp3) is 0.500. The lowest BCUT2D eigenvalue weighted by Crippen LogP contribution is -2.27. The topological polar surface area (TPSA) is 77.2 Å². The van der Waals surface area contributed by atoms with Crippen LogP contribution in [0, 0.1) is 17.8 Å². The van der Waals surface area contributed by atoms with Crippen LogP contribution >= 0.6 is 0 Å². The summed E-state index contributed by atoms with van der Waals surface area (Å²) in [6.45, 7) is 6.30. The van der Waals surface area contributed by atoms with Gasteiger partial charge in [-0.2, -0.15) is 0 Å². The second-order valence-electron chi connectivity index (χ2n) is 5.02. The van der Waals surface area contributed by atoms with E-state index < -0.39 is 0 Å². The third-order valence-electron chi connectivity index (χ3n) is 2.71. The second-order valence-corrected chi connectivity index (χ2v) is 5.02. The molecule has 5 heteroatoms. The minimum Gasteiger partial charge on any atom is -0.380 e. The van der Waals surface area contributed by atoms with Crippen molar-refractivity contribution in [2.45, 2.75) is 20.3 Å². The molecule has 0 unspecified atom stereocenters. The average Bonchev–Trinajstić information content (AvgIpc) is 2.48. The molecule has 0 aromatic carbocycles. The van der Waals surface area contributed by atoms with Crippen LogP contribution in [0.15, 0.2) is 18.5 Å². The standard InChI is InChI=1S/C16H23N3O2/c1-13(2)5-8-21-9-7-19-16(20)15-10-14(4-3-6-17)11-18-12-15/h10-13H,5-9,17H2,1-2H3,(H,19,20). The number of rotatable bonds is 7. The molecular weight excluding hydrogens is 266 g/mol. The Morgan fingerprint density at radius 3 is 2.95 bits per heavy atom. The Bertz CT molecular complexity index is 504. The smallest absolute Gasteiger partial charge is 0.252 e. The predicted molar refractivity (Wildman–Crippen MR) is 82.8 cm³/mol. The van der Waals surface area contributed by atoms with Gasteiger partial charge in [-0.15, -0.1) is 0 Å². The maximum atomic E-state index is 11.9. The Labute approximate surface area is 126 Å². The number of nitrogens with zero attached hydrogens (tertiary/aromatic N) is 1. The molecule has 1 amide bonds. The van der Waals surface area contributed by atoms with Gasteiger partial charge >= 0.3 is 0 Å². The van der Waals surface area contributed by atoms with Crippen molar-refractivity contribution in [3.8, 4) is 11.8 Å². The third kappa shape index (κ3) is 7.45. The number of ether oxygens (including phenoxy) is 1. The number of hydrogen-bond acceptors (Lipinski definition) is 4. The van der Waals surface area contributed by atoms with E-state index >= 15 is 0 Å². The highest BCUT2D eigenvalue weighted by Crippen LogP contribution is 2.01. The summed E-state index contributed by atoms with van der Waals surface area (Å²) in [6, 6.07) is 1.70. The molecule has 21 heavy (non-hydrogen) atoms. The summed E-state index contributed by atoms with van der Waals surface area (Å²) in [5.41, 5.74) is 6.48. The highest BCUT2D eigenvalue weighted by Gasteiger charge is 2.05. The minimum absolute atomic E-state index is 0.175. The lowest BCUT2D eigenvalue weighted by atomic mass is 10.1. The molecule has 0 fully saturated rings. The number of aromatic nitrogens is 1. The van der Waals surface area contributed by atoms with E-state index in [0.717, 1.165) is 13.0 Å². The molecule has 0 aliphatic carbocycles. The van der Waals surface area contributed by atoms with Gasteiger partial charge < -0.3 is 15.8 Å². The first-order chi connectivity index (χ1) is 10.1. The van der Waals surface area contributed by atoms with Gasteiger partial charge in [0.25, 0.3) is 5.91 Å². The van der Waals surface area contributed by atoms with Crippen molar-refractivity contribution in [1.29, 1.82) is 0 Å². The summed E-state index contributed by atoms with van der Waals surface area (Å²) in [7, 11) is 0. The van der Waals surface area contributed by atoms with Gasteiger partial charge in [-0.25, -0.2) is 0 Å². The van der Waals surface area contributed by atoms with Gasteiger partial charge in [-0.05, 0) is 18.4 Å². The molecular formula is C16H23N3O2. The molecule has 1 rings (SSSR count). The van der Waals surface area contributed by atoms with E-state index in [-0.39, 0.29) is 12.5 Å². The zero-order valence-corrected chi connectivity index (χ0v) is 12.7. The molecule has 0 aliphatic rings. The van der Waals surface area contributed by atoms with Crippen LogP contribution in [0.25, 0.3) is 0 Å². The first kappa shape index (κ1) is 17.2. The van der Waals surface area contributed by atoms with Crippen LogP contribution in [0.3, 0.4) is 0 Å². The fourth-order valence-corrected chi connectivity index (χ4v) is 1.55. The highest BCUT2D eigenvalue weighted by molar-refractivity contribution is 5.94. The van der Waals surface area contributed by atoms with Gasteiger partial charge in [-0.3, -0.25) is 9.78 Å². The zero-order chi connectivity index (χ0) is 15.5. The monoisotopic (exact) mass is 289 g/mol. The molecule has 0 atom stereocenters. The fourth-order valence-electron chi connectivity index (χ4n) is 1.55. The summed E-state index contributed by atoms with van der Waals surface area (Å²) >= 11 is 0. The summed E-state index contributed by atoms with van der Waals surface area (Å²) in [5.74, 6) is 6.04. The van der Waals surface area contributed by atoms with Crippen molar-refractivity contribution >= 4 is 5.91 Å². The Morgan fingerprint density at radius 1 is 1.43 bits per heavy atom. The number of pyridine rings is 1. The van der Waals surface area contributed by atoms with E-state index in [9.17, 15) is 4.79 Å². The molecule has 0 bridgehead atoms. The third-order valence-corrected chi connectivity index (χ3v) is 2.71. The van der Waals surface area contributed by atoms with Crippen LogP contribution in [0.5, 0.6) is 0 Å². The molecule has 0 saturated heterocycles. The number of carbonyl (C=O) groups excluding carboxylic acids is 1. The Balaban J connectivity index is 2.35. The zero-order valence-electron chi connectivity index (χ0n) is 12.7. The second kappa shape index (κ2) is 9.92. The van der Waals surface area contributed by atoms with Crippen LogP contribution in [0.2, 0.25) is 0 Å². The van der Waals surface area contributed by atoms with Gasteiger partial charge in [0, 0.05) is 31.1 Å². The van der Waals surface area contributed by atoms with E-state index in [0.29, 0.717) is 30.2 Å². The lowest BCUT2D eigenvalue weighted by molar-refractivity contribution is 0.0905. The van der Waals surface area contributed by atoms with Gasteiger partial charge in [-0.1, -0.05) is 25.7 Å². The van der Waals surface area contributed by atoms with Gasteiger partial charge in [0.1, 0.15) is 0 Å². The number of amides is 1. The summed E-state index contributed by atoms with van der Waals surface area (Å²) in [4.78, 5) is 15.9. The molecule has 3 N–H and O–H groups in total. The van der Waals surface area contributed by atoms with E-state index in [4.69, 9.17) is 10.5 Å². The number of nitrogens with one attached hydrogen (secondary N) is 1. The molecule has 5 nitrogen and oxygen atoms in total. The summed E-state index contributed by atoms with van der Waals surface area (Å²) in [6.07, 6.45) is 4.15. The highest BCUT2D eigenvalue weighted by atomic mass is 16.5. The van der Waals surface area contributed by atoms with Crippen molar-refractivity contribution in [3.63, 3.8) is 0 Å². The van der Waals surface area contributed by atoms with E-state index in [1.165, 1.54) is 6.20 Å². The lowest BCUT2D eigenvalue weighted by Gasteiger charge is -2.07.